The van der Waals surface area contributed by atoms with Gasteiger partial charge in [0.25, 0.3) is 0 Å². The largest absolute Gasteiger partial charge is 0.381 e. The summed E-state index contributed by atoms with van der Waals surface area (Å²) in [6, 6.07) is 15.1. The van der Waals surface area contributed by atoms with Crippen LogP contribution in [0.4, 0.5) is 11.4 Å². The summed E-state index contributed by atoms with van der Waals surface area (Å²) in [4.78, 5) is 12.9. The van der Waals surface area contributed by atoms with Crippen molar-refractivity contribution in [2.75, 3.05) is 36.9 Å². The van der Waals surface area contributed by atoms with Gasteiger partial charge < -0.3 is 20.1 Å². The lowest BCUT2D eigenvalue weighted by molar-refractivity contribution is 0.103. The molecule has 0 aliphatic carbocycles. The molecule has 2 heterocycles. The van der Waals surface area contributed by atoms with E-state index in [9.17, 15) is 4.79 Å². The van der Waals surface area contributed by atoms with Crippen molar-refractivity contribution in [1.82, 2.24) is 0 Å². The van der Waals surface area contributed by atoms with Crippen molar-refractivity contribution in [2.24, 2.45) is 0 Å². The Morgan fingerprint density at radius 3 is 2.25 bits per heavy atom. The molecule has 5 nitrogen and oxygen atoms in total. The fraction of sp³-hybridized carbons (Fsp3) is 0.316. The van der Waals surface area contributed by atoms with Crippen LogP contribution < -0.4 is 10.6 Å². The van der Waals surface area contributed by atoms with Gasteiger partial charge >= 0.3 is 0 Å². The number of nitrogens with one attached hydrogen (secondary N) is 2. The number of hydrogen-bond acceptors (Lipinski definition) is 5. The highest BCUT2D eigenvalue weighted by atomic mass is 16.6. The molecule has 0 radical (unpaired) electrons. The van der Waals surface area contributed by atoms with Crippen molar-refractivity contribution in [3.05, 3.63) is 59.7 Å². The van der Waals surface area contributed by atoms with Gasteiger partial charge in [0.15, 0.2) is 5.78 Å². The van der Waals surface area contributed by atoms with E-state index in [-0.39, 0.29) is 18.0 Å². The number of rotatable bonds is 8. The van der Waals surface area contributed by atoms with Crippen LogP contribution in [-0.4, -0.2) is 44.3 Å². The summed E-state index contributed by atoms with van der Waals surface area (Å²) in [5.41, 5.74) is 3.12. The minimum atomic E-state index is 0.0149. The maximum absolute atomic E-state index is 12.9. The van der Waals surface area contributed by atoms with Gasteiger partial charge in [0.05, 0.1) is 36.8 Å². The summed E-state index contributed by atoms with van der Waals surface area (Å²) in [7, 11) is 0. The van der Waals surface area contributed by atoms with Crippen molar-refractivity contribution in [2.45, 2.75) is 12.2 Å². The normalized spacial score (nSPS) is 21.2. The number of ketones is 1. The van der Waals surface area contributed by atoms with Gasteiger partial charge in [-0.05, 0) is 12.1 Å². The molecule has 2 N–H and O–H groups in total. The molecule has 0 amide bonds. The number of carbonyl (C=O) groups is 1. The second-order valence-corrected chi connectivity index (χ2v) is 6.10. The molecule has 0 bridgehead atoms. The maximum Gasteiger partial charge on any atom is 0.195 e. The zero-order chi connectivity index (χ0) is 16.4. The third-order valence-electron chi connectivity index (χ3n) is 4.18. The molecular weight excluding hydrogens is 304 g/mol. The van der Waals surface area contributed by atoms with Crippen molar-refractivity contribution >= 4 is 17.2 Å². The highest BCUT2D eigenvalue weighted by molar-refractivity contribution is 6.13. The third-order valence-corrected chi connectivity index (χ3v) is 4.18. The molecule has 2 aliphatic rings. The van der Waals surface area contributed by atoms with Crippen molar-refractivity contribution in [3.63, 3.8) is 0 Å². The zero-order valence-corrected chi connectivity index (χ0v) is 13.3. The highest BCUT2D eigenvalue weighted by Gasteiger charge is 2.25. The summed E-state index contributed by atoms with van der Waals surface area (Å²) < 4.78 is 10.5. The van der Waals surface area contributed by atoms with E-state index in [0.717, 1.165) is 31.1 Å². The van der Waals surface area contributed by atoms with E-state index in [1.165, 1.54) is 0 Å². The minimum absolute atomic E-state index is 0.0149. The average Bonchev–Trinajstić information content (AvgIpc) is 3.53. The summed E-state index contributed by atoms with van der Waals surface area (Å²) in [5, 5.41) is 6.78. The lowest BCUT2D eigenvalue weighted by Crippen LogP contribution is -2.16. The van der Waals surface area contributed by atoms with Crippen LogP contribution in [0.3, 0.4) is 0 Å². The number of epoxide rings is 2. The summed E-state index contributed by atoms with van der Waals surface area (Å²) in [5.74, 6) is 0.0149. The van der Waals surface area contributed by atoms with Crippen molar-refractivity contribution < 1.29 is 14.3 Å². The first-order chi connectivity index (χ1) is 11.8. The summed E-state index contributed by atoms with van der Waals surface area (Å²) in [6.45, 7) is 3.03. The molecule has 2 atom stereocenters. The van der Waals surface area contributed by atoms with Gasteiger partial charge in [-0.1, -0.05) is 36.4 Å². The molecule has 124 valence electrons. The Morgan fingerprint density at radius 1 is 0.917 bits per heavy atom. The Hall–Kier alpha value is -2.37. The van der Waals surface area contributed by atoms with Gasteiger partial charge in [-0.2, -0.15) is 0 Å². The number of anilines is 2. The fourth-order valence-electron chi connectivity index (χ4n) is 2.64. The Kier molecular flexibility index (Phi) is 4.19. The smallest absolute Gasteiger partial charge is 0.195 e. The zero-order valence-electron chi connectivity index (χ0n) is 13.3. The molecule has 0 aromatic heterocycles. The van der Waals surface area contributed by atoms with Crippen LogP contribution in [0.25, 0.3) is 0 Å². The Bertz CT molecular complexity index is 725. The van der Waals surface area contributed by atoms with Gasteiger partial charge in [0.1, 0.15) is 0 Å². The second kappa shape index (κ2) is 6.63. The number of carbonyl (C=O) groups excluding carboxylic acids is 1. The monoisotopic (exact) mass is 324 g/mol. The average molecular weight is 324 g/mol. The molecule has 4 rings (SSSR count). The Balaban J connectivity index is 1.62. The number of para-hydroxylation sites is 1. The predicted octanol–water partition coefficient (Wildman–Crippen LogP) is 2.54. The molecule has 2 fully saturated rings. The van der Waals surface area contributed by atoms with E-state index >= 15 is 0 Å². The van der Waals surface area contributed by atoms with E-state index in [0.29, 0.717) is 17.7 Å². The van der Waals surface area contributed by atoms with E-state index in [2.05, 4.69) is 10.6 Å². The fourth-order valence-corrected chi connectivity index (χ4v) is 2.64. The first-order valence-electron chi connectivity index (χ1n) is 8.25. The van der Waals surface area contributed by atoms with Gasteiger partial charge in [0, 0.05) is 24.2 Å². The molecular formula is C19H20N2O3. The minimum Gasteiger partial charge on any atom is -0.381 e. The highest BCUT2D eigenvalue weighted by Crippen LogP contribution is 2.29. The SMILES string of the molecule is O=C(c1ccccc1)c1cccc(NCC2CO2)c1NCC1CO1. The van der Waals surface area contributed by atoms with Crippen molar-refractivity contribution in [3.8, 4) is 0 Å². The molecule has 0 spiro atoms. The predicted molar refractivity (Wildman–Crippen MR) is 92.8 cm³/mol. The van der Waals surface area contributed by atoms with Gasteiger partial charge in [-0.15, -0.1) is 0 Å². The lowest BCUT2D eigenvalue weighted by atomic mass is 10.0. The number of benzene rings is 2. The van der Waals surface area contributed by atoms with Crippen LogP contribution in [-0.2, 0) is 9.47 Å². The molecule has 5 heteroatoms. The summed E-state index contributed by atoms with van der Waals surface area (Å²) >= 11 is 0. The molecule has 2 saturated heterocycles. The van der Waals surface area contributed by atoms with E-state index < -0.39 is 0 Å². The standard InChI is InChI=1S/C19H20N2O3/c22-19(13-5-2-1-3-6-13)16-7-4-8-17(20-9-14-11-23-14)18(16)21-10-15-12-24-15/h1-8,14-15,20-21H,9-12H2. The van der Waals surface area contributed by atoms with Crippen molar-refractivity contribution in [1.29, 1.82) is 0 Å². The second-order valence-electron chi connectivity index (χ2n) is 6.10. The number of hydrogen-bond donors (Lipinski definition) is 2. The molecule has 2 aromatic carbocycles. The van der Waals surface area contributed by atoms with Crippen LogP contribution in [0.1, 0.15) is 15.9 Å². The number of ether oxygens (including phenoxy) is 2. The third kappa shape index (κ3) is 3.58. The molecule has 2 aliphatic heterocycles. The lowest BCUT2D eigenvalue weighted by Gasteiger charge is -2.17. The van der Waals surface area contributed by atoms with Gasteiger partial charge in [-0.25, -0.2) is 0 Å². The van der Waals surface area contributed by atoms with Crippen LogP contribution in [0.15, 0.2) is 48.5 Å². The Morgan fingerprint density at radius 2 is 1.58 bits per heavy atom. The first-order valence-corrected chi connectivity index (χ1v) is 8.25. The molecule has 2 aromatic rings. The maximum atomic E-state index is 12.9. The molecule has 0 saturated carbocycles. The van der Waals surface area contributed by atoms with Gasteiger partial charge in [-0.3, -0.25) is 4.79 Å². The van der Waals surface area contributed by atoms with Crippen LogP contribution in [0.2, 0.25) is 0 Å². The molecule has 24 heavy (non-hydrogen) atoms. The first kappa shape index (κ1) is 15.2. The summed E-state index contributed by atoms with van der Waals surface area (Å²) in [6.07, 6.45) is 0.516. The van der Waals surface area contributed by atoms with E-state index in [1.807, 2.05) is 48.5 Å². The van der Waals surface area contributed by atoms with E-state index in [4.69, 9.17) is 9.47 Å². The van der Waals surface area contributed by atoms with Crippen LogP contribution in [0.5, 0.6) is 0 Å². The molecule has 2 unspecified atom stereocenters. The quantitative estimate of drug-likeness (QED) is 0.577. The topological polar surface area (TPSA) is 66.2 Å². The van der Waals surface area contributed by atoms with Crippen LogP contribution >= 0.6 is 0 Å². The van der Waals surface area contributed by atoms with Gasteiger partial charge in [0.2, 0.25) is 0 Å². The van der Waals surface area contributed by atoms with Crippen LogP contribution in [0, 0.1) is 0 Å². The van der Waals surface area contributed by atoms with E-state index in [1.54, 1.807) is 0 Å². The Labute approximate surface area is 141 Å².